The van der Waals surface area contributed by atoms with E-state index >= 15 is 0 Å². The third-order valence-corrected chi connectivity index (χ3v) is 3.42. The Labute approximate surface area is 146 Å². The van der Waals surface area contributed by atoms with E-state index in [1.807, 2.05) is 47.6 Å². The standard InChI is InChI=1S/C16H25IN2O3/c1-15(2,3)19(16(4,5)6)14(20)22-10-9-21-13-8-7-12(17)11-18-13/h7-8,11H,9-10H2,1-6H3. The zero-order chi connectivity index (χ0) is 17.0. The van der Waals surface area contributed by atoms with Crippen molar-refractivity contribution in [2.45, 2.75) is 52.6 Å². The fraction of sp³-hybridized carbons (Fsp3) is 0.625. The van der Waals surface area contributed by atoms with Crippen LogP contribution >= 0.6 is 22.6 Å². The quantitative estimate of drug-likeness (QED) is 0.544. The number of rotatable bonds is 4. The highest BCUT2D eigenvalue weighted by Gasteiger charge is 2.36. The first-order valence-electron chi connectivity index (χ1n) is 7.23. The van der Waals surface area contributed by atoms with Gasteiger partial charge in [-0.2, -0.15) is 0 Å². The van der Waals surface area contributed by atoms with Crippen LogP contribution in [0.4, 0.5) is 4.79 Å². The molecule has 0 aliphatic heterocycles. The lowest BCUT2D eigenvalue weighted by atomic mass is 9.97. The van der Waals surface area contributed by atoms with E-state index in [9.17, 15) is 4.79 Å². The second kappa shape index (κ2) is 7.48. The van der Waals surface area contributed by atoms with E-state index in [2.05, 4.69) is 27.6 Å². The molecule has 0 aliphatic carbocycles. The number of aromatic nitrogens is 1. The highest BCUT2D eigenvalue weighted by atomic mass is 127. The van der Waals surface area contributed by atoms with E-state index in [4.69, 9.17) is 9.47 Å². The fourth-order valence-corrected chi connectivity index (χ4v) is 2.66. The summed E-state index contributed by atoms with van der Waals surface area (Å²) in [6.07, 6.45) is 1.39. The number of carbonyl (C=O) groups excluding carboxylic acids is 1. The highest BCUT2D eigenvalue weighted by Crippen LogP contribution is 2.25. The van der Waals surface area contributed by atoms with Crippen molar-refractivity contribution in [3.05, 3.63) is 21.9 Å². The summed E-state index contributed by atoms with van der Waals surface area (Å²) in [5, 5.41) is 0. The van der Waals surface area contributed by atoms with Crippen LogP contribution in [0, 0.1) is 3.57 Å². The Morgan fingerprint density at radius 3 is 2.18 bits per heavy atom. The average molecular weight is 420 g/mol. The van der Waals surface area contributed by atoms with Crippen molar-refractivity contribution in [1.29, 1.82) is 0 Å². The lowest BCUT2D eigenvalue weighted by Crippen LogP contribution is -2.56. The van der Waals surface area contributed by atoms with Crippen molar-refractivity contribution in [1.82, 2.24) is 9.88 Å². The molecule has 0 aromatic carbocycles. The van der Waals surface area contributed by atoms with Crippen molar-refractivity contribution in [3.63, 3.8) is 0 Å². The largest absolute Gasteiger partial charge is 0.474 e. The minimum absolute atomic E-state index is 0.190. The van der Waals surface area contributed by atoms with E-state index in [1.165, 1.54) is 0 Å². The van der Waals surface area contributed by atoms with Gasteiger partial charge in [0.15, 0.2) is 0 Å². The Balaban J connectivity index is 2.49. The molecule has 1 heterocycles. The van der Waals surface area contributed by atoms with E-state index in [-0.39, 0.29) is 30.4 Å². The second-order valence-corrected chi connectivity index (χ2v) is 8.20. The Kier molecular flexibility index (Phi) is 6.46. The van der Waals surface area contributed by atoms with Crippen LogP contribution in [0.15, 0.2) is 18.3 Å². The van der Waals surface area contributed by atoms with E-state index in [1.54, 1.807) is 17.2 Å². The predicted octanol–water partition coefficient (Wildman–Crippen LogP) is 4.10. The Bertz CT molecular complexity index is 476. The summed E-state index contributed by atoms with van der Waals surface area (Å²) in [7, 11) is 0. The van der Waals surface area contributed by atoms with Gasteiger partial charge in [0.2, 0.25) is 5.88 Å². The first-order valence-corrected chi connectivity index (χ1v) is 8.31. The Morgan fingerprint density at radius 2 is 1.73 bits per heavy atom. The van der Waals surface area contributed by atoms with Gasteiger partial charge in [-0.1, -0.05) is 0 Å². The molecule has 0 atom stereocenters. The first-order chi connectivity index (χ1) is 10.0. The topological polar surface area (TPSA) is 51.7 Å². The summed E-state index contributed by atoms with van der Waals surface area (Å²) >= 11 is 2.18. The molecule has 0 fully saturated rings. The summed E-state index contributed by atoms with van der Waals surface area (Å²) in [5.41, 5.74) is -0.623. The van der Waals surface area contributed by atoms with Crippen LogP contribution in [0.1, 0.15) is 41.5 Å². The predicted molar refractivity (Wildman–Crippen MR) is 95.1 cm³/mol. The SMILES string of the molecule is CC(C)(C)N(C(=O)OCCOc1ccc(I)cn1)C(C)(C)C. The average Bonchev–Trinajstić information content (AvgIpc) is 2.33. The molecule has 0 bridgehead atoms. The van der Waals surface area contributed by atoms with Crippen LogP contribution in [0.2, 0.25) is 0 Å². The lowest BCUT2D eigenvalue weighted by molar-refractivity contribution is 0.0154. The van der Waals surface area contributed by atoms with Crippen LogP contribution in [-0.4, -0.2) is 40.3 Å². The molecule has 0 radical (unpaired) electrons. The van der Waals surface area contributed by atoms with Gasteiger partial charge < -0.3 is 9.47 Å². The van der Waals surface area contributed by atoms with E-state index < -0.39 is 0 Å². The molecule has 0 N–H and O–H groups in total. The van der Waals surface area contributed by atoms with Crippen molar-refractivity contribution < 1.29 is 14.3 Å². The normalized spacial score (nSPS) is 12.0. The highest BCUT2D eigenvalue weighted by molar-refractivity contribution is 14.1. The van der Waals surface area contributed by atoms with Crippen LogP contribution in [0.3, 0.4) is 0 Å². The molecule has 0 aliphatic rings. The summed E-state index contributed by atoms with van der Waals surface area (Å²) in [4.78, 5) is 18.2. The van der Waals surface area contributed by atoms with Gasteiger partial charge in [0.05, 0.1) is 0 Å². The minimum atomic E-state index is -0.334. The molecule has 1 rings (SSSR count). The number of pyridine rings is 1. The zero-order valence-corrected chi connectivity index (χ0v) is 16.3. The maximum Gasteiger partial charge on any atom is 0.410 e. The molecular weight excluding hydrogens is 395 g/mol. The molecule has 1 amide bonds. The molecule has 22 heavy (non-hydrogen) atoms. The summed E-state index contributed by atoms with van der Waals surface area (Å²) in [5.74, 6) is 0.528. The lowest BCUT2D eigenvalue weighted by Gasteiger charge is -2.44. The minimum Gasteiger partial charge on any atom is -0.474 e. The van der Waals surface area contributed by atoms with Gasteiger partial charge in [-0.15, -0.1) is 0 Å². The molecule has 1 aromatic heterocycles. The number of hydrogen-bond donors (Lipinski definition) is 0. The van der Waals surface area contributed by atoms with Crippen molar-refractivity contribution >= 4 is 28.7 Å². The first kappa shape index (κ1) is 19.0. The van der Waals surface area contributed by atoms with Crippen molar-refractivity contribution in [3.8, 4) is 5.88 Å². The molecular formula is C16H25IN2O3. The number of halogens is 1. The van der Waals surface area contributed by atoms with Gasteiger partial charge in [0.1, 0.15) is 13.2 Å². The van der Waals surface area contributed by atoms with Gasteiger partial charge in [-0.25, -0.2) is 9.78 Å². The van der Waals surface area contributed by atoms with Gasteiger partial charge in [-0.3, -0.25) is 4.90 Å². The Morgan fingerprint density at radius 1 is 1.14 bits per heavy atom. The summed E-state index contributed by atoms with van der Waals surface area (Å²) < 4.78 is 11.8. The van der Waals surface area contributed by atoms with E-state index in [0.29, 0.717) is 5.88 Å². The van der Waals surface area contributed by atoms with Crippen molar-refractivity contribution in [2.75, 3.05) is 13.2 Å². The van der Waals surface area contributed by atoms with Gasteiger partial charge in [0, 0.05) is 26.9 Å². The molecule has 1 aromatic rings. The third-order valence-electron chi connectivity index (χ3n) is 2.78. The third kappa shape index (κ3) is 5.98. The number of hydrogen-bond acceptors (Lipinski definition) is 4. The molecule has 0 saturated carbocycles. The smallest absolute Gasteiger partial charge is 0.410 e. The van der Waals surface area contributed by atoms with Crippen molar-refractivity contribution in [2.24, 2.45) is 0 Å². The molecule has 5 nitrogen and oxygen atoms in total. The molecule has 0 saturated heterocycles. The van der Waals surface area contributed by atoms with Crippen LogP contribution in [0.5, 0.6) is 5.88 Å². The van der Waals surface area contributed by atoms with Gasteiger partial charge >= 0.3 is 6.09 Å². The maximum absolute atomic E-state index is 12.3. The van der Waals surface area contributed by atoms with Crippen LogP contribution in [-0.2, 0) is 4.74 Å². The monoisotopic (exact) mass is 420 g/mol. The van der Waals surface area contributed by atoms with Crippen LogP contribution in [0.25, 0.3) is 0 Å². The van der Waals surface area contributed by atoms with E-state index in [0.717, 1.165) is 3.57 Å². The molecule has 0 spiro atoms. The van der Waals surface area contributed by atoms with Crippen LogP contribution < -0.4 is 4.74 Å². The Hall–Kier alpha value is -1.05. The number of ether oxygens (including phenoxy) is 2. The molecule has 0 unspecified atom stereocenters. The van der Waals surface area contributed by atoms with Gasteiger partial charge in [-0.05, 0) is 70.2 Å². The number of amides is 1. The molecule has 6 heteroatoms. The second-order valence-electron chi connectivity index (χ2n) is 6.95. The maximum atomic E-state index is 12.3. The van der Waals surface area contributed by atoms with Gasteiger partial charge in [0.25, 0.3) is 0 Å². The zero-order valence-electron chi connectivity index (χ0n) is 14.1. The number of carbonyl (C=O) groups is 1. The molecule has 124 valence electrons. The number of nitrogens with zero attached hydrogens (tertiary/aromatic N) is 2. The summed E-state index contributed by atoms with van der Waals surface area (Å²) in [6.45, 7) is 12.4. The summed E-state index contributed by atoms with van der Waals surface area (Å²) in [6, 6.07) is 3.70. The fourth-order valence-electron chi connectivity index (χ4n) is 2.34.